The van der Waals surface area contributed by atoms with Gasteiger partial charge in [-0.25, -0.2) is 0 Å². The molecule has 0 saturated carbocycles. The van der Waals surface area contributed by atoms with E-state index in [2.05, 4.69) is 120 Å². The van der Waals surface area contributed by atoms with Gasteiger partial charge in [-0.1, -0.05) is 84.9 Å². The first-order valence-electron chi connectivity index (χ1n) is 12.5. The Hall–Kier alpha value is -4.60. The van der Waals surface area contributed by atoms with Gasteiger partial charge in [0.2, 0.25) is 0 Å². The van der Waals surface area contributed by atoms with E-state index in [1.54, 1.807) is 0 Å². The third-order valence-corrected chi connectivity index (χ3v) is 8.39. The number of nitrogens with zero attached hydrogens (tertiary/aromatic N) is 1. The van der Waals surface area contributed by atoms with Crippen LogP contribution in [0, 0.1) is 0 Å². The van der Waals surface area contributed by atoms with Crippen molar-refractivity contribution in [2.45, 2.75) is 0 Å². The van der Waals surface area contributed by atoms with Gasteiger partial charge in [-0.2, -0.15) is 0 Å². The van der Waals surface area contributed by atoms with Crippen molar-refractivity contribution < 1.29 is 4.42 Å². The highest BCUT2D eigenvalue weighted by molar-refractivity contribution is 7.26. The molecule has 2 nitrogen and oxygen atoms in total. The number of anilines is 3. The molecule has 0 aliphatic carbocycles. The molecule has 0 aliphatic heterocycles. The normalized spacial score (nSPS) is 11.8. The maximum atomic E-state index is 6.50. The Morgan fingerprint density at radius 2 is 1.16 bits per heavy atom. The molecule has 0 unspecified atom stereocenters. The summed E-state index contributed by atoms with van der Waals surface area (Å²) >= 11 is 1.86. The standard InChI is InChI=1S/C34H21NOS/c1-2-10-22(11-3-1)35(29-17-9-15-26-24-12-4-6-18-30(24)36-34(26)29)28-16-8-14-25-23(28)20-21-32-33(25)27-13-5-7-19-31(27)37-32/h1-21H. The van der Waals surface area contributed by atoms with E-state index >= 15 is 0 Å². The summed E-state index contributed by atoms with van der Waals surface area (Å²) in [6.07, 6.45) is 0. The van der Waals surface area contributed by atoms with Crippen molar-refractivity contribution in [1.29, 1.82) is 0 Å². The quantitative estimate of drug-likeness (QED) is 0.244. The zero-order valence-corrected chi connectivity index (χ0v) is 20.7. The number of fused-ring (bicyclic) bond motifs is 8. The molecule has 0 radical (unpaired) electrons. The fourth-order valence-corrected chi connectivity index (χ4v) is 6.77. The van der Waals surface area contributed by atoms with E-state index in [1.165, 1.54) is 30.9 Å². The van der Waals surface area contributed by atoms with Crippen molar-refractivity contribution in [2.24, 2.45) is 0 Å². The molecule has 0 amide bonds. The molecule has 0 aliphatic rings. The Balaban J connectivity index is 1.47. The fourth-order valence-electron chi connectivity index (χ4n) is 5.65. The van der Waals surface area contributed by atoms with Crippen LogP contribution in [-0.2, 0) is 0 Å². The smallest absolute Gasteiger partial charge is 0.159 e. The van der Waals surface area contributed by atoms with E-state index in [4.69, 9.17) is 4.42 Å². The van der Waals surface area contributed by atoms with Gasteiger partial charge >= 0.3 is 0 Å². The predicted octanol–water partition coefficient (Wildman–Crippen LogP) is 10.6. The minimum atomic E-state index is 0.895. The second kappa shape index (κ2) is 7.95. The number of thiophene rings is 1. The number of benzene rings is 6. The van der Waals surface area contributed by atoms with Crippen LogP contribution in [0.15, 0.2) is 132 Å². The first kappa shape index (κ1) is 20.6. The zero-order chi connectivity index (χ0) is 24.3. The lowest BCUT2D eigenvalue weighted by atomic mass is 10.0. The molecule has 37 heavy (non-hydrogen) atoms. The van der Waals surface area contributed by atoms with Gasteiger partial charge in [0, 0.05) is 42.0 Å². The Morgan fingerprint density at radius 1 is 0.459 bits per heavy atom. The van der Waals surface area contributed by atoms with E-state index in [-0.39, 0.29) is 0 Å². The minimum absolute atomic E-state index is 0.895. The molecule has 0 atom stereocenters. The van der Waals surface area contributed by atoms with E-state index < -0.39 is 0 Å². The van der Waals surface area contributed by atoms with Crippen molar-refractivity contribution in [2.75, 3.05) is 4.90 Å². The van der Waals surface area contributed by atoms with E-state index in [0.717, 1.165) is 39.0 Å². The number of rotatable bonds is 3. The summed E-state index contributed by atoms with van der Waals surface area (Å²) in [7, 11) is 0. The highest BCUT2D eigenvalue weighted by Gasteiger charge is 2.21. The number of hydrogen-bond acceptors (Lipinski definition) is 3. The molecule has 174 valence electrons. The number of para-hydroxylation sites is 3. The van der Waals surface area contributed by atoms with Crippen LogP contribution in [0.25, 0.3) is 52.9 Å². The van der Waals surface area contributed by atoms with Crippen molar-refractivity contribution in [1.82, 2.24) is 0 Å². The van der Waals surface area contributed by atoms with Gasteiger partial charge in [-0.3, -0.25) is 0 Å². The van der Waals surface area contributed by atoms with Crippen LogP contribution in [0.3, 0.4) is 0 Å². The summed E-state index contributed by atoms with van der Waals surface area (Å²) in [4.78, 5) is 2.34. The second-order valence-electron chi connectivity index (χ2n) is 9.33. The first-order valence-corrected chi connectivity index (χ1v) is 13.3. The molecule has 0 spiro atoms. The molecule has 0 N–H and O–H groups in total. The zero-order valence-electron chi connectivity index (χ0n) is 19.9. The summed E-state index contributed by atoms with van der Waals surface area (Å²) in [6.45, 7) is 0. The summed E-state index contributed by atoms with van der Waals surface area (Å²) < 4.78 is 9.13. The Morgan fingerprint density at radius 3 is 2.05 bits per heavy atom. The average Bonchev–Trinajstić information content (AvgIpc) is 3.53. The monoisotopic (exact) mass is 491 g/mol. The molecule has 8 aromatic rings. The Labute approximate surface area is 217 Å². The fraction of sp³-hybridized carbons (Fsp3) is 0. The Bertz CT molecular complexity index is 2100. The molecular weight excluding hydrogens is 470 g/mol. The molecule has 3 heteroatoms. The van der Waals surface area contributed by atoms with Crippen LogP contribution >= 0.6 is 11.3 Å². The second-order valence-corrected chi connectivity index (χ2v) is 10.4. The number of furan rings is 1. The third-order valence-electron chi connectivity index (χ3n) is 7.26. The van der Waals surface area contributed by atoms with Gasteiger partial charge in [0.1, 0.15) is 5.58 Å². The summed E-state index contributed by atoms with van der Waals surface area (Å²) in [5.41, 5.74) is 5.06. The average molecular weight is 492 g/mol. The van der Waals surface area contributed by atoms with E-state index in [9.17, 15) is 0 Å². The van der Waals surface area contributed by atoms with E-state index in [1.807, 2.05) is 23.5 Å². The van der Waals surface area contributed by atoms with Gasteiger partial charge in [0.05, 0.1) is 11.4 Å². The van der Waals surface area contributed by atoms with Crippen LogP contribution in [0.1, 0.15) is 0 Å². The molecule has 0 fully saturated rings. The SMILES string of the molecule is c1ccc(N(c2cccc3c2ccc2sc4ccccc4c23)c2cccc3c2oc2ccccc23)cc1. The Kier molecular flexibility index (Phi) is 4.42. The van der Waals surface area contributed by atoms with Gasteiger partial charge in [-0.15, -0.1) is 11.3 Å². The molecule has 2 heterocycles. The van der Waals surface area contributed by atoms with Gasteiger partial charge < -0.3 is 9.32 Å². The lowest BCUT2D eigenvalue weighted by Crippen LogP contribution is -2.10. The van der Waals surface area contributed by atoms with Gasteiger partial charge in [-0.05, 0) is 47.9 Å². The molecule has 8 rings (SSSR count). The molecule has 0 bridgehead atoms. The lowest BCUT2D eigenvalue weighted by Gasteiger charge is -2.27. The molecule has 6 aromatic carbocycles. The van der Waals surface area contributed by atoms with Crippen molar-refractivity contribution in [3.8, 4) is 0 Å². The highest BCUT2D eigenvalue weighted by atomic mass is 32.1. The van der Waals surface area contributed by atoms with Crippen molar-refractivity contribution in [3.63, 3.8) is 0 Å². The van der Waals surface area contributed by atoms with Gasteiger partial charge in [0.15, 0.2) is 5.58 Å². The van der Waals surface area contributed by atoms with Gasteiger partial charge in [0.25, 0.3) is 0 Å². The third kappa shape index (κ3) is 3.05. The summed E-state index contributed by atoms with van der Waals surface area (Å²) in [5, 5.41) is 7.39. The number of hydrogen-bond donors (Lipinski definition) is 0. The van der Waals surface area contributed by atoms with E-state index in [0.29, 0.717) is 0 Å². The van der Waals surface area contributed by atoms with Crippen LogP contribution in [0.5, 0.6) is 0 Å². The maximum absolute atomic E-state index is 6.50. The summed E-state index contributed by atoms with van der Waals surface area (Å²) in [5.74, 6) is 0. The molecule has 0 saturated heterocycles. The van der Waals surface area contributed by atoms with Crippen LogP contribution in [0.4, 0.5) is 17.1 Å². The maximum Gasteiger partial charge on any atom is 0.159 e. The molecular formula is C34H21NOS. The highest BCUT2D eigenvalue weighted by Crippen LogP contribution is 2.46. The van der Waals surface area contributed by atoms with Crippen LogP contribution < -0.4 is 4.90 Å². The topological polar surface area (TPSA) is 16.4 Å². The van der Waals surface area contributed by atoms with Crippen LogP contribution in [-0.4, -0.2) is 0 Å². The summed E-state index contributed by atoms with van der Waals surface area (Å²) in [6, 6.07) is 45.2. The van der Waals surface area contributed by atoms with Crippen molar-refractivity contribution in [3.05, 3.63) is 127 Å². The lowest BCUT2D eigenvalue weighted by molar-refractivity contribution is 0.669. The largest absolute Gasteiger partial charge is 0.454 e. The predicted molar refractivity (Wildman–Crippen MR) is 159 cm³/mol. The van der Waals surface area contributed by atoms with Crippen molar-refractivity contribution >= 4 is 81.3 Å². The molecule has 2 aromatic heterocycles. The van der Waals surface area contributed by atoms with Crippen LogP contribution in [0.2, 0.25) is 0 Å². The first-order chi connectivity index (χ1) is 18.4. The minimum Gasteiger partial charge on any atom is -0.454 e.